The highest BCUT2D eigenvalue weighted by Crippen LogP contribution is 2.27. The highest BCUT2D eigenvalue weighted by atomic mass is 33.1. The van der Waals surface area contributed by atoms with Gasteiger partial charge in [0.1, 0.15) is 0 Å². The molecule has 0 atom stereocenters. The van der Waals surface area contributed by atoms with Gasteiger partial charge in [-0.3, -0.25) is 14.4 Å². The van der Waals surface area contributed by atoms with Crippen LogP contribution in [-0.4, -0.2) is 110 Å². The van der Waals surface area contributed by atoms with E-state index in [1.165, 1.54) is 179 Å². The van der Waals surface area contributed by atoms with Gasteiger partial charge in [0.15, 0.2) is 0 Å². The molecule has 0 bridgehead atoms. The number of likely N-dealkylation sites (N-methyl/N-ethyl adjacent to an activating group) is 1. The van der Waals surface area contributed by atoms with Gasteiger partial charge in [0.25, 0.3) is 0 Å². The fraction of sp³-hybridized carbons (Fsp3) is 0.952. The summed E-state index contributed by atoms with van der Waals surface area (Å²) in [5, 5.41) is 0. The maximum atomic E-state index is 14.2. The topological polar surface area (TPSA) is 79.4 Å². The maximum Gasteiger partial charge on any atom is 0.305 e. The SMILES string of the molecule is CCCCCCC(CCCCCC)COC(=O)CCCCCCCCC(CCCCCCCCC(=O)OCC(CCCCCC)CCCCCC)N(CCCN1CCN(C)CC1)C(=O)CCSSCCCCC. The van der Waals surface area contributed by atoms with Crippen molar-refractivity contribution in [3.8, 4) is 0 Å². The van der Waals surface area contributed by atoms with Crippen LogP contribution in [0.3, 0.4) is 0 Å². The van der Waals surface area contributed by atoms with Crippen molar-refractivity contribution >= 4 is 39.4 Å². The normalized spacial score (nSPS) is 13.5. The average molecular weight is 1070 g/mol. The third kappa shape index (κ3) is 43.7. The van der Waals surface area contributed by atoms with Crippen LogP contribution < -0.4 is 0 Å². The van der Waals surface area contributed by atoms with Gasteiger partial charge in [-0.25, -0.2) is 0 Å². The van der Waals surface area contributed by atoms with Crippen LogP contribution in [0.15, 0.2) is 0 Å². The molecule has 0 aromatic rings. The summed E-state index contributed by atoms with van der Waals surface area (Å²) < 4.78 is 11.7. The summed E-state index contributed by atoms with van der Waals surface area (Å²) in [6.07, 6.45) is 47.4. The van der Waals surface area contributed by atoms with Crippen molar-refractivity contribution in [2.45, 2.75) is 304 Å². The second kappa shape index (κ2) is 53.1. The predicted octanol–water partition coefficient (Wildman–Crippen LogP) is 18.2. The number of hydrogen-bond acceptors (Lipinski definition) is 9. The zero-order valence-corrected chi connectivity index (χ0v) is 51.1. The van der Waals surface area contributed by atoms with Crippen LogP contribution in [0, 0.1) is 11.8 Å². The second-order valence-corrected chi connectivity index (χ2v) is 25.4. The standard InChI is InChI=1S/C63H123N3O5S2/c1-7-12-17-29-39-58(40-30-18-13-8-2)56-70-62(68)45-35-27-23-21-25-33-43-60(66(49-38-48-65-52-50-64(6)51-53-65)61(67)47-55-73-72-54-37-16-11-5)44-34-26-22-24-28-36-46-63(69)71-57-59(41-31-19-14-9-3)42-32-20-15-10-4/h58-60H,7-57H2,1-6H3. The lowest BCUT2D eigenvalue weighted by molar-refractivity contribution is -0.146. The Balaban J connectivity index is 2.72. The molecule has 0 aliphatic carbocycles. The van der Waals surface area contributed by atoms with E-state index < -0.39 is 0 Å². The molecule has 1 heterocycles. The van der Waals surface area contributed by atoms with Gasteiger partial charge < -0.3 is 24.2 Å². The van der Waals surface area contributed by atoms with E-state index in [1.807, 2.05) is 21.6 Å². The Labute approximate surface area is 462 Å². The number of esters is 2. The quantitative estimate of drug-likeness (QED) is 0.0336. The minimum Gasteiger partial charge on any atom is -0.465 e. The first kappa shape index (κ1) is 70.0. The molecule has 8 nitrogen and oxygen atoms in total. The lowest BCUT2D eigenvalue weighted by Gasteiger charge is -2.35. The van der Waals surface area contributed by atoms with E-state index in [9.17, 15) is 14.4 Å². The number of piperazine rings is 1. The van der Waals surface area contributed by atoms with E-state index in [0.717, 1.165) is 116 Å². The Hall–Kier alpha value is -0.970. The van der Waals surface area contributed by atoms with Crippen molar-refractivity contribution in [2.24, 2.45) is 11.8 Å². The van der Waals surface area contributed by atoms with E-state index in [-0.39, 0.29) is 11.9 Å². The molecule has 432 valence electrons. The van der Waals surface area contributed by atoms with Crippen LogP contribution in [0.2, 0.25) is 0 Å². The number of ether oxygens (including phenoxy) is 2. The number of rotatable bonds is 55. The molecule has 1 aliphatic heterocycles. The molecule has 1 aliphatic rings. The van der Waals surface area contributed by atoms with Crippen LogP contribution in [0.4, 0.5) is 0 Å². The molecule has 0 spiro atoms. The third-order valence-corrected chi connectivity index (χ3v) is 18.2. The fourth-order valence-corrected chi connectivity index (χ4v) is 12.8. The highest BCUT2D eigenvalue weighted by molar-refractivity contribution is 8.76. The van der Waals surface area contributed by atoms with E-state index in [4.69, 9.17) is 9.47 Å². The minimum atomic E-state index is 0.000906. The van der Waals surface area contributed by atoms with Crippen molar-refractivity contribution < 1.29 is 23.9 Å². The summed E-state index contributed by atoms with van der Waals surface area (Å²) in [5.41, 5.74) is 0. The summed E-state index contributed by atoms with van der Waals surface area (Å²) in [4.78, 5) is 47.2. The van der Waals surface area contributed by atoms with Gasteiger partial charge >= 0.3 is 11.9 Å². The van der Waals surface area contributed by atoms with Gasteiger partial charge in [-0.2, -0.15) is 0 Å². The Morgan fingerprint density at radius 2 is 0.795 bits per heavy atom. The number of carbonyl (C=O) groups excluding carboxylic acids is 3. The van der Waals surface area contributed by atoms with Gasteiger partial charge in [0.2, 0.25) is 5.91 Å². The second-order valence-electron chi connectivity index (χ2n) is 22.7. The molecule has 0 saturated carbocycles. The number of unbranched alkanes of at least 4 members (excludes halogenated alkanes) is 24. The van der Waals surface area contributed by atoms with Gasteiger partial charge in [0.05, 0.1) is 13.2 Å². The van der Waals surface area contributed by atoms with Crippen molar-refractivity contribution in [3.63, 3.8) is 0 Å². The van der Waals surface area contributed by atoms with Gasteiger partial charge in [0, 0.05) is 69.5 Å². The first-order chi connectivity index (χ1) is 35.8. The number of carbonyl (C=O) groups is 3. The third-order valence-electron chi connectivity index (χ3n) is 15.7. The monoisotopic (exact) mass is 1070 g/mol. The largest absolute Gasteiger partial charge is 0.465 e. The smallest absolute Gasteiger partial charge is 0.305 e. The van der Waals surface area contributed by atoms with Crippen LogP contribution in [0.25, 0.3) is 0 Å². The lowest BCUT2D eigenvalue weighted by atomic mass is 9.95. The average Bonchev–Trinajstić information content (AvgIpc) is 3.39. The van der Waals surface area contributed by atoms with Crippen molar-refractivity contribution in [3.05, 3.63) is 0 Å². The predicted molar refractivity (Wildman–Crippen MR) is 321 cm³/mol. The molecule has 10 heteroatoms. The Morgan fingerprint density at radius 3 is 1.23 bits per heavy atom. The zero-order valence-electron chi connectivity index (χ0n) is 49.5. The van der Waals surface area contributed by atoms with E-state index in [1.54, 1.807) is 0 Å². The molecule has 1 rings (SSSR count). The van der Waals surface area contributed by atoms with E-state index >= 15 is 0 Å². The number of hydrogen-bond donors (Lipinski definition) is 0. The number of amides is 1. The summed E-state index contributed by atoms with van der Waals surface area (Å²) in [7, 11) is 6.07. The van der Waals surface area contributed by atoms with Crippen LogP contribution in [-0.2, 0) is 23.9 Å². The highest BCUT2D eigenvalue weighted by Gasteiger charge is 2.24. The van der Waals surface area contributed by atoms with E-state index in [0.29, 0.717) is 56.3 Å². The molecule has 0 aromatic carbocycles. The zero-order chi connectivity index (χ0) is 53.1. The molecular weight excluding hydrogens is 943 g/mol. The van der Waals surface area contributed by atoms with Gasteiger partial charge in [-0.05, 0) is 89.6 Å². The summed E-state index contributed by atoms with van der Waals surface area (Å²) in [5.74, 6) is 3.49. The molecule has 0 radical (unpaired) electrons. The minimum absolute atomic E-state index is 0.000906. The molecule has 0 aromatic heterocycles. The Kier molecular flexibility index (Phi) is 50.9. The number of nitrogens with zero attached hydrogens (tertiary/aromatic N) is 3. The molecule has 1 fully saturated rings. The molecule has 0 N–H and O–H groups in total. The first-order valence-electron chi connectivity index (χ1n) is 32.0. The first-order valence-corrected chi connectivity index (χ1v) is 34.5. The van der Waals surface area contributed by atoms with Crippen LogP contribution >= 0.6 is 21.6 Å². The van der Waals surface area contributed by atoms with Crippen molar-refractivity contribution in [2.75, 3.05) is 71.0 Å². The van der Waals surface area contributed by atoms with Gasteiger partial charge in [-0.1, -0.05) is 236 Å². The van der Waals surface area contributed by atoms with Crippen LogP contribution in [0.5, 0.6) is 0 Å². The molecule has 1 amide bonds. The Morgan fingerprint density at radius 1 is 0.425 bits per heavy atom. The van der Waals surface area contributed by atoms with Gasteiger partial charge in [-0.15, -0.1) is 0 Å². The van der Waals surface area contributed by atoms with Crippen molar-refractivity contribution in [1.29, 1.82) is 0 Å². The Bertz CT molecular complexity index is 1140. The summed E-state index contributed by atoms with van der Waals surface area (Å²) >= 11 is 0. The van der Waals surface area contributed by atoms with Crippen molar-refractivity contribution in [1.82, 2.24) is 14.7 Å². The molecule has 0 unspecified atom stereocenters. The molecule has 73 heavy (non-hydrogen) atoms. The van der Waals surface area contributed by atoms with Crippen LogP contribution in [0.1, 0.15) is 298 Å². The summed E-state index contributed by atoms with van der Waals surface area (Å²) in [6, 6.07) is 0.302. The molecule has 1 saturated heterocycles. The summed E-state index contributed by atoms with van der Waals surface area (Å²) in [6.45, 7) is 19.0. The van der Waals surface area contributed by atoms with E-state index in [2.05, 4.69) is 56.4 Å². The maximum absolute atomic E-state index is 14.2. The lowest BCUT2D eigenvalue weighted by Crippen LogP contribution is -2.46. The molecular formula is C63H123N3O5S2. The fourth-order valence-electron chi connectivity index (χ4n) is 10.6.